The summed E-state index contributed by atoms with van der Waals surface area (Å²) in [5, 5.41) is 0.682. The summed E-state index contributed by atoms with van der Waals surface area (Å²) in [7, 11) is 0. The molecule has 14 heavy (non-hydrogen) atoms. The largest absolute Gasteiger partial charge is 0.494 e. The average molecular weight is 214 g/mol. The van der Waals surface area contributed by atoms with E-state index in [1.807, 2.05) is 18.2 Å². The molecular formula is C11H16ClNO. The van der Waals surface area contributed by atoms with Gasteiger partial charge in [0.05, 0.1) is 6.61 Å². The molecule has 2 N–H and O–H groups in total. The molecule has 0 bridgehead atoms. The van der Waals surface area contributed by atoms with Gasteiger partial charge in [0.25, 0.3) is 0 Å². The van der Waals surface area contributed by atoms with E-state index < -0.39 is 0 Å². The van der Waals surface area contributed by atoms with Crippen molar-refractivity contribution in [2.45, 2.75) is 26.3 Å². The number of hydrogen-bond donors (Lipinski definition) is 1. The molecule has 1 aromatic rings. The summed E-state index contributed by atoms with van der Waals surface area (Å²) >= 11 is 5.98. The van der Waals surface area contributed by atoms with E-state index in [1.165, 1.54) is 0 Å². The molecule has 0 unspecified atom stereocenters. The fourth-order valence-corrected chi connectivity index (χ4v) is 1.37. The standard InChI is InChI=1S/C11H16ClNO/c1-2-3-6-14-10-5-4-9(8-13)11(12)7-10/h4-5,7H,2-3,6,8,13H2,1H3. The van der Waals surface area contributed by atoms with E-state index in [1.54, 1.807) is 0 Å². The van der Waals surface area contributed by atoms with Gasteiger partial charge in [0.15, 0.2) is 0 Å². The number of halogens is 1. The van der Waals surface area contributed by atoms with Gasteiger partial charge in [-0.15, -0.1) is 0 Å². The lowest BCUT2D eigenvalue weighted by Gasteiger charge is -2.07. The van der Waals surface area contributed by atoms with Gasteiger partial charge in [0.2, 0.25) is 0 Å². The van der Waals surface area contributed by atoms with Gasteiger partial charge in [-0.3, -0.25) is 0 Å². The third-order valence-electron chi connectivity index (χ3n) is 2.01. The van der Waals surface area contributed by atoms with Crippen LogP contribution in [0.4, 0.5) is 0 Å². The van der Waals surface area contributed by atoms with E-state index in [4.69, 9.17) is 22.1 Å². The van der Waals surface area contributed by atoms with E-state index in [9.17, 15) is 0 Å². The zero-order chi connectivity index (χ0) is 10.4. The quantitative estimate of drug-likeness (QED) is 0.764. The topological polar surface area (TPSA) is 35.2 Å². The number of benzene rings is 1. The number of ether oxygens (including phenoxy) is 1. The maximum Gasteiger partial charge on any atom is 0.120 e. The molecule has 1 aromatic carbocycles. The smallest absolute Gasteiger partial charge is 0.120 e. The summed E-state index contributed by atoms with van der Waals surface area (Å²) in [5.74, 6) is 0.820. The Hall–Kier alpha value is -0.730. The summed E-state index contributed by atoms with van der Waals surface area (Å²) in [6.07, 6.45) is 2.20. The van der Waals surface area contributed by atoms with E-state index in [-0.39, 0.29) is 0 Å². The van der Waals surface area contributed by atoms with Crippen LogP contribution in [0.3, 0.4) is 0 Å². The third-order valence-corrected chi connectivity index (χ3v) is 2.36. The molecule has 0 fully saturated rings. The fourth-order valence-electron chi connectivity index (χ4n) is 1.12. The molecule has 1 rings (SSSR count). The minimum Gasteiger partial charge on any atom is -0.494 e. The van der Waals surface area contributed by atoms with Crippen molar-refractivity contribution < 1.29 is 4.74 Å². The first-order valence-corrected chi connectivity index (χ1v) is 5.27. The molecule has 0 aliphatic carbocycles. The lowest BCUT2D eigenvalue weighted by Crippen LogP contribution is -1.99. The Morgan fingerprint density at radius 3 is 2.79 bits per heavy atom. The molecule has 0 amide bonds. The average Bonchev–Trinajstić information content (AvgIpc) is 2.18. The second kappa shape index (κ2) is 5.89. The van der Waals surface area contributed by atoms with Gasteiger partial charge >= 0.3 is 0 Å². The van der Waals surface area contributed by atoms with Crippen LogP contribution in [0.5, 0.6) is 5.75 Å². The first-order valence-electron chi connectivity index (χ1n) is 4.89. The highest BCUT2D eigenvalue weighted by atomic mass is 35.5. The highest BCUT2D eigenvalue weighted by molar-refractivity contribution is 6.31. The number of rotatable bonds is 5. The minimum absolute atomic E-state index is 0.466. The molecule has 0 spiro atoms. The lowest BCUT2D eigenvalue weighted by atomic mass is 10.2. The van der Waals surface area contributed by atoms with Crippen LogP contribution in [-0.4, -0.2) is 6.61 Å². The number of hydrogen-bond acceptors (Lipinski definition) is 2. The molecule has 0 aliphatic heterocycles. The predicted molar refractivity (Wildman–Crippen MR) is 59.7 cm³/mol. The van der Waals surface area contributed by atoms with Crippen LogP contribution < -0.4 is 10.5 Å². The van der Waals surface area contributed by atoms with Gasteiger partial charge in [-0.1, -0.05) is 31.0 Å². The monoisotopic (exact) mass is 213 g/mol. The second-order valence-electron chi connectivity index (χ2n) is 3.16. The van der Waals surface area contributed by atoms with Crippen molar-refractivity contribution in [3.63, 3.8) is 0 Å². The van der Waals surface area contributed by atoms with Crippen LogP contribution in [0.15, 0.2) is 18.2 Å². The van der Waals surface area contributed by atoms with Crippen LogP contribution in [0.25, 0.3) is 0 Å². The summed E-state index contributed by atoms with van der Waals surface area (Å²) in [4.78, 5) is 0. The molecule has 0 atom stereocenters. The Labute approximate surface area is 90.0 Å². The van der Waals surface area contributed by atoms with Gasteiger partial charge < -0.3 is 10.5 Å². The predicted octanol–water partition coefficient (Wildman–Crippen LogP) is 2.98. The Bertz CT molecular complexity index is 289. The van der Waals surface area contributed by atoms with Gasteiger partial charge in [0, 0.05) is 11.6 Å². The van der Waals surface area contributed by atoms with Crippen molar-refractivity contribution in [2.24, 2.45) is 5.73 Å². The van der Waals surface area contributed by atoms with Crippen LogP contribution in [0.1, 0.15) is 25.3 Å². The Morgan fingerprint density at radius 2 is 2.21 bits per heavy atom. The molecule has 0 aliphatic rings. The van der Waals surface area contributed by atoms with E-state index in [2.05, 4.69) is 6.92 Å². The lowest BCUT2D eigenvalue weighted by molar-refractivity contribution is 0.309. The molecule has 0 radical (unpaired) electrons. The zero-order valence-electron chi connectivity index (χ0n) is 8.42. The zero-order valence-corrected chi connectivity index (χ0v) is 9.18. The Morgan fingerprint density at radius 1 is 1.43 bits per heavy atom. The van der Waals surface area contributed by atoms with Gasteiger partial charge in [-0.25, -0.2) is 0 Å². The van der Waals surface area contributed by atoms with Crippen LogP contribution >= 0.6 is 11.6 Å². The first kappa shape index (κ1) is 11.3. The normalized spacial score (nSPS) is 10.2. The van der Waals surface area contributed by atoms with Crippen LogP contribution in [0, 0.1) is 0 Å². The Kier molecular flexibility index (Phi) is 4.77. The summed E-state index contributed by atoms with van der Waals surface area (Å²) in [6.45, 7) is 3.34. The van der Waals surface area contributed by atoms with Crippen molar-refractivity contribution in [1.82, 2.24) is 0 Å². The molecule has 2 nitrogen and oxygen atoms in total. The van der Waals surface area contributed by atoms with Crippen molar-refractivity contribution >= 4 is 11.6 Å². The summed E-state index contributed by atoms with van der Waals surface area (Å²) in [5.41, 5.74) is 6.45. The number of unbranched alkanes of at least 4 members (excludes halogenated alkanes) is 1. The van der Waals surface area contributed by atoms with E-state index in [0.29, 0.717) is 11.6 Å². The molecular weight excluding hydrogens is 198 g/mol. The van der Waals surface area contributed by atoms with Crippen molar-refractivity contribution in [3.8, 4) is 5.75 Å². The third kappa shape index (κ3) is 3.20. The van der Waals surface area contributed by atoms with Crippen LogP contribution in [0.2, 0.25) is 5.02 Å². The molecule has 0 saturated heterocycles. The van der Waals surface area contributed by atoms with E-state index >= 15 is 0 Å². The SMILES string of the molecule is CCCCOc1ccc(CN)c(Cl)c1. The highest BCUT2D eigenvalue weighted by Gasteiger charge is 2.00. The first-order chi connectivity index (χ1) is 6.77. The molecule has 0 aromatic heterocycles. The molecule has 0 saturated carbocycles. The fraction of sp³-hybridized carbons (Fsp3) is 0.455. The van der Waals surface area contributed by atoms with E-state index in [0.717, 1.165) is 30.8 Å². The highest BCUT2D eigenvalue weighted by Crippen LogP contribution is 2.22. The summed E-state index contributed by atoms with van der Waals surface area (Å²) < 4.78 is 5.50. The molecule has 78 valence electrons. The van der Waals surface area contributed by atoms with Gasteiger partial charge in [-0.2, -0.15) is 0 Å². The molecule has 3 heteroatoms. The van der Waals surface area contributed by atoms with Crippen molar-refractivity contribution in [1.29, 1.82) is 0 Å². The maximum atomic E-state index is 5.98. The Balaban J connectivity index is 2.57. The van der Waals surface area contributed by atoms with Gasteiger partial charge in [0.1, 0.15) is 5.75 Å². The minimum atomic E-state index is 0.466. The molecule has 0 heterocycles. The van der Waals surface area contributed by atoms with Crippen molar-refractivity contribution in [2.75, 3.05) is 6.61 Å². The van der Waals surface area contributed by atoms with Gasteiger partial charge in [-0.05, 0) is 24.1 Å². The van der Waals surface area contributed by atoms with Crippen LogP contribution in [-0.2, 0) is 6.54 Å². The van der Waals surface area contributed by atoms with Crippen molar-refractivity contribution in [3.05, 3.63) is 28.8 Å². The number of nitrogens with two attached hydrogens (primary N) is 1. The maximum absolute atomic E-state index is 5.98. The second-order valence-corrected chi connectivity index (χ2v) is 3.57. The summed E-state index contributed by atoms with van der Waals surface area (Å²) in [6, 6.07) is 5.63.